The van der Waals surface area contributed by atoms with Crippen molar-refractivity contribution in [2.24, 2.45) is 5.92 Å². The van der Waals surface area contributed by atoms with Crippen LogP contribution in [0.3, 0.4) is 0 Å². The fourth-order valence-corrected chi connectivity index (χ4v) is 1.82. The summed E-state index contributed by atoms with van der Waals surface area (Å²) >= 11 is 0. The molecule has 0 saturated heterocycles. The summed E-state index contributed by atoms with van der Waals surface area (Å²) in [6.07, 6.45) is 0. The monoisotopic (exact) mass is 245 g/mol. The van der Waals surface area contributed by atoms with Crippen molar-refractivity contribution in [3.05, 3.63) is 35.9 Å². The highest BCUT2D eigenvalue weighted by Crippen LogP contribution is 2.26. The molecule has 0 fully saturated rings. The van der Waals surface area contributed by atoms with Crippen LogP contribution in [0, 0.1) is 17.2 Å². The lowest BCUT2D eigenvalue weighted by Crippen LogP contribution is -2.27. The van der Waals surface area contributed by atoms with Crippen LogP contribution in [0.4, 0.5) is 0 Å². The molecule has 0 aliphatic rings. The highest BCUT2D eigenvalue weighted by atomic mass is 16.5. The van der Waals surface area contributed by atoms with Crippen molar-refractivity contribution in [2.75, 3.05) is 6.61 Å². The molecule has 0 bridgehead atoms. The maximum absolute atomic E-state index is 11.7. The van der Waals surface area contributed by atoms with Gasteiger partial charge >= 0.3 is 5.97 Å². The molecule has 0 N–H and O–H groups in total. The van der Waals surface area contributed by atoms with Gasteiger partial charge in [-0.2, -0.15) is 5.26 Å². The molecule has 4 nitrogen and oxygen atoms in total. The van der Waals surface area contributed by atoms with Crippen molar-refractivity contribution in [3.63, 3.8) is 0 Å². The lowest BCUT2D eigenvalue weighted by Gasteiger charge is -2.18. The molecule has 94 valence electrons. The third-order valence-electron chi connectivity index (χ3n) is 2.61. The Hall–Kier alpha value is -2.15. The van der Waals surface area contributed by atoms with Gasteiger partial charge in [-0.25, -0.2) is 0 Å². The second kappa shape index (κ2) is 6.55. The number of nitriles is 1. The van der Waals surface area contributed by atoms with Gasteiger partial charge in [-0.1, -0.05) is 30.3 Å². The van der Waals surface area contributed by atoms with Crippen LogP contribution in [-0.2, 0) is 14.3 Å². The number of ether oxygens (including phenoxy) is 1. The molecule has 2 atom stereocenters. The largest absolute Gasteiger partial charge is 0.465 e. The Morgan fingerprint density at radius 1 is 1.33 bits per heavy atom. The second-order valence-electron chi connectivity index (χ2n) is 3.86. The Morgan fingerprint density at radius 3 is 2.39 bits per heavy atom. The van der Waals surface area contributed by atoms with Gasteiger partial charge in [-0.3, -0.25) is 9.59 Å². The molecule has 4 heteroatoms. The van der Waals surface area contributed by atoms with E-state index in [1.165, 1.54) is 6.92 Å². The molecule has 2 unspecified atom stereocenters. The van der Waals surface area contributed by atoms with Gasteiger partial charge in [-0.15, -0.1) is 0 Å². The molecule has 0 aromatic heterocycles. The summed E-state index contributed by atoms with van der Waals surface area (Å²) in [6, 6.07) is 10.7. The molecule has 0 heterocycles. The van der Waals surface area contributed by atoms with E-state index in [1.54, 1.807) is 31.2 Å². The number of nitrogens with zero attached hydrogens (tertiary/aromatic N) is 1. The van der Waals surface area contributed by atoms with Gasteiger partial charge < -0.3 is 4.74 Å². The Kier molecular flexibility index (Phi) is 5.06. The van der Waals surface area contributed by atoms with Gasteiger partial charge in [0.2, 0.25) is 0 Å². The van der Waals surface area contributed by atoms with E-state index in [4.69, 9.17) is 10.00 Å². The third-order valence-corrected chi connectivity index (χ3v) is 2.61. The molecule has 0 aliphatic heterocycles. The molecule has 0 amide bonds. The molecule has 18 heavy (non-hydrogen) atoms. The van der Waals surface area contributed by atoms with Crippen LogP contribution >= 0.6 is 0 Å². The second-order valence-corrected chi connectivity index (χ2v) is 3.86. The van der Waals surface area contributed by atoms with Gasteiger partial charge in [-0.05, 0) is 19.4 Å². The average molecular weight is 245 g/mol. The number of hydrogen-bond donors (Lipinski definition) is 0. The number of esters is 1. The van der Waals surface area contributed by atoms with Gasteiger partial charge in [0.15, 0.2) is 5.92 Å². The molecule has 0 spiro atoms. The van der Waals surface area contributed by atoms with Crippen molar-refractivity contribution >= 4 is 11.8 Å². The quantitative estimate of drug-likeness (QED) is 0.745. The van der Waals surface area contributed by atoms with Crippen LogP contribution in [0.2, 0.25) is 0 Å². The van der Waals surface area contributed by atoms with Crippen LogP contribution < -0.4 is 0 Å². The SMILES string of the molecule is CCOC(=O)C(C#N)C(C(C)=O)c1ccccc1. The summed E-state index contributed by atoms with van der Waals surface area (Å²) < 4.78 is 4.83. The van der Waals surface area contributed by atoms with Crippen molar-refractivity contribution in [3.8, 4) is 6.07 Å². The Labute approximate surface area is 106 Å². The Bertz CT molecular complexity index is 462. The van der Waals surface area contributed by atoms with E-state index in [1.807, 2.05) is 12.1 Å². The topological polar surface area (TPSA) is 67.2 Å². The van der Waals surface area contributed by atoms with Gasteiger partial charge in [0, 0.05) is 0 Å². The van der Waals surface area contributed by atoms with Crippen molar-refractivity contribution in [1.82, 2.24) is 0 Å². The van der Waals surface area contributed by atoms with E-state index in [0.717, 1.165) is 0 Å². The first-order valence-electron chi connectivity index (χ1n) is 5.73. The van der Waals surface area contributed by atoms with E-state index in [2.05, 4.69) is 0 Å². The number of Topliss-reactive ketones (excluding diaryl/α,β-unsaturated/α-hetero) is 1. The number of ketones is 1. The van der Waals surface area contributed by atoms with Crippen molar-refractivity contribution in [2.45, 2.75) is 19.8 Å². The third kappa shape index (κ3) is 3.17. The summed E-state index contributed by atoms with van der Waals surface area (Å²) in [5, 5.41) is 9.10. The van der Waals surface area contributed by atoms with Crippen LogP contribution in [0.25, 0.3) is 0 Å². The molecule has 0 radical (unpaired) electrons. The van der Waals surface area contributed by atoms with Gasteiger partial charge in [0.05, 0.1) is 18.6 Å². The fraction of sp³-hybridized carbons (Fsp3) is 0.357. The zero-order valence-electron chi connectivity index (χ0n) is 10.4. The first-order chi connectivity index (χ1) is 8.61. The number of rotatable bonds is 5. The summed E-state index contributed by atoms with van der Waals surface area (Å²) in [6.45, 7) is 3.23. The molecular weight excluding hydrogens is 230 g/mol. The van der Waals surface area contributed by atoms with Crippen molar-refractivity contribution < 1.29 is 14.3 Å². The number of hydrogen-bond acceptors (Lipinski definition) is 4. The Morgan fingerprint density at radius 2 is 1.94 bits per heavy atom. The minimum atomic E-state index is -1.09. The van der Waals surface area contributed by atoms with Crippen LogP contribution in [0.5, 0.6) is 0 Å². The van der Waals surface area contributed by atoms with E-state index in [-0.39, 0.29) is 12.4 Å². The predicted molar refractivity (Wildman–Crippen MR) is 65.6 cm³/mol. The normalized spacial score (nSPS) is 13.2. The minimum Gasteiger partial charge on any atom is -0.465 e. The van der Waals surface area contributed by atoms with E-state index in [0.29, 0.717) is 5.56 Å². The van der Waals surface area contributed by atoms with Crippen LogP contribution in [-0.4, -0.2) is 18.4 Å². The molecular formula is C14H15NO3. The molecule has 1 aromatic carbocycles. The molecule has 0 saturated carbocycles. The summed E-state index contributed by atoms with van der Waals surface area (Å²) in [5.74, 6) is -2.73. The first kappa shape index (κ1) is 13.9. The number of benzene rings is 1. The lowest BCUT2D eigenvalue weighted by atomic mass is 9.84. The van der Waals surface area contributed by atoms with Crippen molar-refractivity contribution in [1.29, 1.82) is 5.26 Å². The predicted octanol–water partition coefficient (Wildman–Crippen LogP) is 2.06. The standard InChI is InChI=1S/C14H15NO3/c1-3-18-14(17)12(9-15)13(10(2)16)11-7-5-4-6-8-11/h4-8,12-13H,3H2,1-2H3. The summed E-state index contributed by atoms with van der Waals surface area (Å²) in [5.41, 5.74) is 0.657. The number of carbonyl (C=O) groups is 2. The van der Waals surface area contributed by atoms with E-state index >= 15 is 0 Å². The van der Waals surface area contributed by atoms with E-state index < -0.39 is 17.8 Å². The van der Waals surface area contributed by atoms with Gasteiger partial charge in [0.1, 0.15) is 5.78 Å². The first-order valence-corrected chi connectivity index (χ1v) is 5.73. The lowest BCUT2D eigenvalue weighted by molar-refractivity contribution is -0.148. The van der Waals surface area contributed by atoms with Gasteiger partial charge in [0.25, 0.3) is 0 Å². The summed E-state index contributed by atoms with van der Waals surface area (Å²) in [7, 11) is 0. The molecule has 1 aromatic rings. The number of carbonyl (C=O) groups excluding carboxylic acids is 2. The molecule has 0 aliphatic carbocycles. The summed E-state index contributed by atoms with van der Waals surface area (Å²) in [4.78, 5) is 23.4. The smallest absolute Gasteiger partial charge is 0.324 e. The maximum atomic E-state index is 11.7. The average Bonchev–Trinajstić information content (AvgIpc) is 2.36. The van der Waals surface area contributed by atoms with Crippen LogP contribution in [0.15, 0.2) is 30.3 Å². The highest BCUT2D eigenvalue weighted by Gasteiger charge is 2.34. The zero-order valence-corrected chi connectivity index (χ0v) is 10.4. The van der Waals surface area contributed by atoms with E-state index in [9.17, 15) is 9.59 Å². The zero-order chi connectivity index (χ0) is 13.5. The molecule has 1 rings (SSSR count). The Balaban J connectivity index is 3.09. The minimum absolute atomic E-state index is 0.191. The van der Waals surface area contributed by atoms with Crippen LogP contribution in [0.1, 0.15) is 25.3 Å². The fourth-order valence-electron chi connectivity index (χ4n) is 1.82. The highest BCUT2D eigenvalue weighted by molar-refractivity contribution is 5.90. The maximum Gasteiger partial charge on any atom is 0.324 e.